The van der Waals surface area contributed by atoms with Crippen LogP contribution in [0.5, 0.6) is 0 Å². The summed E-state index contributed by atoms with van der Waals surface area (Å²) in [5, 5.41) is 9.84. The first kappa shape index (κ1) is 39.2. The van der Waals surface area contributed by atoms with Crippen molar-refractivity contribution in [3.63, 3.8) is 0 Å². The molecule has 0 aliphatic heterocycles. The van der Waals surface area contributed by atoms with Crippen LogP contribution in [0.2, 0.25) is 0 Å². The second kappa shape index (κ2) is 16.3. The van der Waals surface area contributed by atoms with Crippen molar-refractivity contribution in [1.82, 2.24) is 0 Å². The molecule has 0 fully saturated rings. The van der Waals surface area contributed by atoms with E-state index in [-0.39, 0.29) is 0 Å². The minimum Gasteiger partial charge on any atom is -0.310 e. The fourth-order valence-electron chi connectivity index (χ4n) is 9.98. The van der Waals surface area contributed by atoms with Crippen molar-refractivity contribution >= 4 is 136 Å². The predicted molar refractivity (Wildman–Crippen MR) is 291 cm³/mol. The SMILES string of the molecule is c1ccc(N(c2ccccc2)c2cc(N(c3ccccc3)c3ccccc3)c3c(c2)sc2c4ccccc4c(N(c4ccc5ccccc5c4)c4cccc5c4sc4ccccc45)cc23)cc1. The maximum atomic E-state index is 2.53. The molecule has 0 aliphatic carbocycles. The number of hydrogen-bond donors (Lipinski definition) is 0. The summed E-state index contributed by atoms with van der Waals surface area (Å²) in [5.74, 6) is 0. The molecule has 0 radical (unpaired) electrons. The zero-order chi connectivity index (χ0) is 44.3. The van der Waals surface area contributed by atoms with E-state index in [0.29, 0.717) is 0 Å². The molecule has 67 heavy (non-hydrogen) atoms. The normalized spacial score (nSPS) is 11.6. The van der Waals surface area contributed by atoms with Crippen molar-refractivity contribution in [2.45, 2.75) is 0 Å². The van der Waals surface area contributed by atoms with Crippen molar-refractivity contribution in [3.8, 4) is 0 Å². The van der Waals surface area contributed by atoms with Crippen LogP contribution in [-0.4, -0.2) is 0 Å². The summed E-state index contributed by atoms with van der Waals surface area (Å²) in [4.78, 5) is 7.36. The molecule has 0 atom stereocenters. The molecular weight excluding hydrogens is 851 g/mol. The Bertz CT molecular complexity index is 3860. The van der Waals surface area contributed by atoms with Gasteiger partial charge < -0.3 is 14.7 Å². The lowest BCUT2D eigenvalue weighted by Gasteiger charge is -2.30. The van der Waals surface area contributed by atoms with Crippen LogP contribution in [0.1, 0.15) is 0 Å². The van der Waals surface area contributed by atoms with Crippen molar-refractivity contribution in [2.24, 2.45) is 0 Å². The zero-order valence-electron chi connectivity index (χ0n) is 36.3. The highest BCUT2D eigenvalue weighted by molar-refractivity contribution is 7.27. The van der Waals surface area contributed by atoms with E-state index in [0.717, 1.165) is 51.2 Å². The van der Waals surface area contributed by atoms with Crippen LogP contribution in [0.25, 0.3) is 61.9 Å². The average Bonchev–Trinajstić information content (AvgIpc) is 3.97. The molecule has 2 heterocycles. The molecule has 0 bridgehead atoms. The van der Waals surface area contributed by atoms with Crippen LogP contribution >= 0.6 is 22.7 Å². The Morgan fingerprint density at radius 1 is 0.239 bits per heavy atom. The summed E-state index contributed by atoms with van der Waals surface area (Å²) >= 11 is 3.76. The third-order valence-electron chi connectivity index (χ3n) is 12.9. The highest BCUT2D eigenvalue weighted by atomic mass is 32.1. The topological polar surface area (TPSA) is 9.72 Å². The Balaban J connectivity index is 1.16. The Kier molecular flexibility index (Phi) is 9.55. The molecular formula is C62H41N3S2. The summed E-state index contributed by atoms with van der Waals surface area (Å²) in [6.07, 6.45) is 0. The minimum atomic E-state index is 1.09. The van der Waals surface area contributed by atoms with E-state index in [1.54, 1.807) is 0 Å². The molecule has 0 spiro atoms. The third-order valence-corrected chi connectivity index (χ3v) is 15.3. The third kappa shape index (κ3) is 6.70. The number of para-hydroxylation sites is 4. The highest BCUT2D eigenvalue weighted by Crippen LogP contribution is 2.54. The number of benzene rings is 11. The number of rotatable bonds is 9. The molecule has 0 amide bonds. The highest BCUT2D eigenvalue weighted by Gasteiger charge is 2.27. The van der Waals surface area contributed by atoms with Gasteiger partial charge in [0, 0.05) is 80.5 Å². The number of hydrogen-bond acceptors (Lipinski definition) is 5. The van der Waals surface area contributed by atoms with Crippen molar-refractivity contribution in [1.29, 1.82) is 0 Å². The lowest BCUT2D eigenvalue weighted by molar-refractivity contribution is 1.26. The summed E-state index contributed by atoms with van der Waals surface area (Å²) < 4.78 is 5.03. The molecule has 0 N–H and O–H groups in total. The van der Waals surface area contributed by atoms with Gasteiger partial charge in [0.15, 0.2) is 0 Å². The summed E-state index contributed by atoms with van der Waals surface area (Å²) in [6.45, 7) is 0. The van der Waals surface area contributed by atoms with E-state index in [1.807, 2.05) is 22.7 Å². The summed E-state index contributed by atoms with van der Waals surface area (Å²) in [5.41, 5.74) is 9.99. The Hall–Kier alpha value is -8.22. The minimum absolute atomic E-state index is 1.09. The van der Waals surface area contributed by atoms with Crippen LogP contribution < -0.4 is 14.7 Å². The largest absolute Gasteiger partial charge is 0.310 e. The van der Waals surface area contributed by atoms with Crippen molar-refractivity contribution < 1.29 is 0 Å². The molecule has 0 saturated carbocycles. The van der Waals surface area contributed by atoms with Gasteiger partial charge in [0.2, 0.25) is 0 Å². The van der Waals surface area contributed by atoms with E-state index in [4.69, 9.17) is 0 Å². The lowest BCUT2D eigenvalue weighted by Crippen LogP contribution is -2.13. The quantitative estimate of drug-likeness (QED) is 0.143. The molecule has 5 heteroatoms. The van der Waals surface area contributed by atoms with Crippen LogP contribution in [0.4, 0.5) is 51.2 Å². The Labute approximate surface area is 396 Å². The molecule has 0 unspecified atom stereocenters. The molecule has 3 nitrogen and oxygen atoms in total. The number of nitrogens with zero attached hydrogens (tertiary/aromatic N) is 3. The van der Waals surface area contributed by atoms with Crippen LogP contribution in [0.15, 0.2) is 249 Å². The van der Waals surface area contributed by atoms with Gasteiger partial charge in [-0.15, -0.1) is 22.7 Å². The fraction of sp³-hybridized carbons (Fsp3) is 0. The van der Waals surface area contributed by atoms with Crippen LogP contribution in [0.3, 0.4) is 0 Å². The molecule has 0 aliphatic rings. The number of anilines is 9. The van der Waals surface area contributed by atoms with Gasteiger partial charge in [0.1, 0.15) is 0 Å². The zero-order valence-corrected chi connectivity index (χ0v) is 38.0. The van der Waals surface area contributed by atoms with Gasteiger partial charge in [-0.25, -0.2) is 0 Å². The summed E-state index contributed by atoms with van der Waals surface area (Å²) in [6, 6.07) is 90.7. The van der Waals surface area contributed by atoms with Crippen LogP contribution in [0, 0.1) is 0 Å². The predicted octanol–water partition coefficient (Wildman–Crippen LogP) is 19.1. The van der Waals surface area contributed by atoms with Gasteiger partial charge in [0.25, 0.3) is 0 Å². The van der Waals surface area contributed by atoms with Gasteiger partial charge in [-0.3, -0.25) is 0 Å². The van der Waals surface area contributed by atoms with E-state index < -0.39 is 0 Å². The van der Waals surface area contributed by atoms with E-state index in [1.165, 1.54) is 61.9 Å². The van der Waals surface area contributed by atoms with Crippen LogP contribution in [-0.2, 0) is 0 Å². The van der Waals surface area contributed by atoms with E-state index >= 15 is 0 Å². The van der Waals surface area contributed by atoms with Crippen molar-refractivity contribution in [3.05, 3.63) is 249 Å². The van der Waals surface area contributed by atoms with Gasteiger partial charge in [0.05, 0.1) is 21.8 Å². The molecule has 11 aromatic carbocycles. The molecule has 13 rings (SSSR count). The van der Waals surface area contributed by atoms with E-state index in [2.05, 4.69) is 263 Å². The number of fused-ring (bicyclic) bond motifs is 9. The second-order valence-electron chi connectivity index (χ2n) is 16.9. The lowest BCUT2D eigenvalue weighted by atomic mass is 10.00. The smallest absolute Gasteiger partial charge is 0.0640 e. The molecule has 2 aromatic heterocycles. The van der Waals surface area contributed by atoms with Gasteiger partial charge in [-0.1, -0.05) is 158 Å². The number of thiophene rings is 2. The van der Waals surface area contributed by atoms with Crippen molar-refractivity contribution in [2.75, 3.05) is 14.7 Å². The molecule has 13 aromatic rings. The van der Waals surface area contributed by atoms with Gasteiger partial charge in [-0.05, 0) is 102 Å². The van der Waals surface area contributed by atoms with Gasteiger partial charge >= 0.3 is 0 Å². The van der Waals surface area contributed by atoms with E-state index in [9.17, 15) is 0 Å². The first-order valence-corrected chi connectivity index (χ1v) is 24.3. The molecule has 0 saturated heterocycles. The fourth-order valence-corrected chi connectivity index (χ4v) is 12.5. The molecule has 316 valence electrons. The maximum Gasteiger partial charge on any atom is 0.0640 e. The van der Waals surface area contributed by atoms with Gasteiger partial charge in [-0.2, -0.15) is 0 Å². The first-order chi connectivity index (χ1) is 33.2. The Morgan fingerprint density at radius 2 is 0.761 bits per heavy atom. The standard InChI is InChI=1S/C62H41N3S2/c1-5-22-44(23-6-1)63(45-24-7-2-8-25-45)49-39-57(64(46-26-9-3-10-27-46)47-28-11-4-12-29-47)60-54-41-56(50-30-15-16-32-52(50)61(54)67-59(60)40-49)65(48-37-36-42-20-13-14-21-43(42)38-48)55-34-19-33-53-51-31-17-18-35-58(51)66-62(53)55/h1-41H. The second-order valence-corrected chi connectivity index (χ2v) is 19.0. The summed E-state index contributed by atoms with van der Waals surface area (Å²) in [7, 11) is 0. The Morgan fingerprint density at radius 3 is 1.43 bits per heavy atom. The average molecular weight is 892 g/mol. The first-order valence-electron chi connectivity index (χ1n) is 22.7. The maximum absolute atomic E-state index is 2.53. The monoisotopic (exact) mass is 891 g/mol.